The number of aryl methyl sites for hydroxylation is 1. The summed E-state index contributed by atoms with van der Waals surface area (Å²) in [4.78, 5) is 0. The molecule has 0 aliphatic heterocycles. The first-order chi connectivity index (χ1) is 9.31. The fourth-order valence-corrected chi connectivity index (χ4v) is 2.42. The van der Waals surface area contributed by atoms with Gasteiger partial charge in [0.25, 0.3) is 0 Å². The van der Waals surface area contributed by atoms with Crippen LogP contribution in [0.25, 0.3) is 11.1 Å². The van der Waals surface area contributed by atoms with Crippen LogP contribution in [0.1, 0.15) is 38.2 Å². The second-order valence-corrected chi connectivity index (χ2v) is 5.00. The quantitative estimate of drug-likeness (QED) is 0.595. The Bertz CT molecular complexity index is 502. The van der Waals surface area contributed by atoms with Crippen molar-refractivity contribution in [3.05, 3.63) is 54.1 Å². The van der Waals surface area contributed by atoms with Gasteiger partial charge in [0, 0.05) is 0 Å². The van der Waals surface area contributed by atoms with Gasteiger partial charge in [0.2, 0.25) is 0 Å². The molecule has 0 saturated carbocycles. The van der Waals surface area contributed by atoms with Gasteiger partial charge in [-0.25, -0.2) is 0 Å². The molecule has 2 aromatic carbocycles. The maximum absolute atomic E-state index is 11.6. The smallest absolute Gasteiger partial charge is 0.178 e. The van der Waals surface area contributed by atoms with Crippen molar-refractivity contribution in [1.82, 2.24) is 0 Å². The zero-order valence-electron chi connectivity index (χ0n) is 11.6. The average molecular weight is 253 g/mol. The Morgan fingerprint density at radius 2 is 1.68 bits per heavy atom. The predicted octanol–water partition coefficient (Wildman–Crippen LogP) is 5.62. The van der Waals surface area contributed by atoms with Gasteiger partial charge in [-0.3, -0.25) is 5.11 Å². The Morgan fingerprint density at radius 3 is 2.42 bits per heavy atom. The van der Waals surface area contributed by atoms with Gasteiger partial charge < -0.3 is 0 Å². The molecule has 0 bridgehead atoms. The Hall–Kier alpha value is -1.76. The Morgan fingerprint density at radius 1 is 0.895 bits per heavy atom. The van der Waals surface area contributed by atoms with Gasteiger partial charge >= 0.3 is 0 Å². The fourth-order valence-electron chi connectivity index (χ4n) is 2.42. The molecule has 0 fully saturated rings. The molecule has 0 saturated heterocycles. The third kappa shape index (κ3) is 3.85. The molecule has 99 valence electrons. The topological polar surface area (TPSA) is 19.9 Å². The van der Waals surface area contributed by atoms with E-state index in [1.807, 2.05) is 24.3 Å². The van der Waals surface area contributed by atoms with Crippen LogP contribution >= 0.6 is 0 Å². The van der Waals surface area contributed by atoms with E-state index in [0.717, 1.165) is 12.8 Å². The van der Waals surface area contributed by atoms with E-state index >= 15 is 0 Å². The van der Waals surface area contributed by atoms with E-state index in [4.69, 9.17) is 0 Å². The van der Waals surface area contributed by atoms with E-state index in [1.165, 1.54) is 36.0 Å². The van der Waals surface area contributed by atoms with E-state index in [-0.39, 0.29) is 5.75 Å². The minimum atomic E-state index is 0.116. The first-order valence-electron chi connectivity index (χ1n) is 7.16. The molecule has 2 aromatic rings. The zero-order chi connectivity index (χ0) is 13.5. The average Bonchev–Trinajstić information content (AvgIpc) is 2.45. The van der Waals surface area contributed by atoms with Crippen molar-refractivity contribution < 1.29 is 5.11 Å². The molecule has 0 aromatic heterocycles. The highest BCUT2D eigenvalue weighted by atomic mass is 16.3. The molecule has 0 N–H and O–H groups in total. The Kier molecular flexibility index (Phi) is 5.02. The Labute approximate surface area is 115 Å². The first kappa shape index (κ1) is 13.7. The minimum Gasteiger partial charge on any atom is -0.290 e. The molecule has 1 nitrogen and oxygen atoms in total. The highest BCUT2D eigenvalue weighted by Gasteiger charge is 2.06. The van der Waals surface area contributed by atoms with E-state index < -0.39 is 0 Å². The van der Waals surface area contributed by atoms with Crippen molar-refractivity contribution in [3.63, 3.8) is 0 Å². The molecule has 0 unspecified atom stereocenters. The summed E-state index contributed by atoms with van der Waals surface area (Å²) < 4.78 is 0. The van der Waals surface area contributed by atoms with Crippen molar-refractivity contribution in [2.45, 2.75) is 39.0 Å². The van der Waals surface area contributed by atoms with Crippen molar-refractivity contribution in [3.8, 4) is 16.9 Å². The molecule has 0 spiro atoms. The fraction of sp³-hybridized carbons (Fsp3) is 0.333. The molecule has 0 heterocycles. The summed E-state index contributed by atoms with van der Waals surface area (Å²) in [5, 5.41) is 11.6. The van der Waals surface area contributed by atoms with Gasteiger partial charge in [-0.2, -0.15) is 0 Å². The van der Waals surface area contributed by atoms with Gasteiger partial charge in [0.1, 0.15) is 0 Å². The van der Waals surface area contributed by atoms with Crippen LogP contribution in [-0.2, 0) is 11.5 Å². The molecule has 1 heteroatoms. The predicted molar refractivity (Wildman–Crippen MR) is 79.9 cm³/mol. The largest absolute Gasteiger partial charge is 0.290 e. The summed E-state index contributed by atoms with van der Waals surface area (Å²) in [5.74, 6) is 0.116. The van der Waals surface area contributed by atoms with Crippen LogP contribution in [0.3, 0.4) is 0 Å². The van der Waals surface area contributed by atoms with Crippen LogP contribution < -0.4 is 0 Å². The Balaban J connectivity index is 2.18. The van der Waals surface area contributed by atoms with Crippen molar-refractivity contribution in [2.24, 2.45) is 0 Å². The van der Waals surface area contributed by atoms with Crippen molar-refractivity contribution in [1.29, 1.82) is 0 Å². The SMILES string of the molecule is CCCCCCc1cc([O])ccc1-c1ccccc1. The van der Waals surface area contributed by atoms with E-state index in [2.05, 4.69) is 19.1 Å². The van der Waals surface area contributed by atoms with E-state index in [9.17, 15) is 5.11 Å². The van der Waals surface area contributed by atoms with Crippen molar-refractivity contribution >= 4 is 0 Å². The number of unbranched alkanes of at least 4 members (excludes halogenated alkanes) is 3. The lowest BCUT2D eigenvalue weighted by Crippen LogP contribution is -1.91. The number of hydrogen-bond acceptors (Lipinski definition) is 0. The standard InChI is InChI=1S/C18H21O/c1-2-3-4-6-11-16-14-17(19)12-13-18(16)15-9-7-5-8-10-15/h5,7-10,12-14H,2-4,6,11H2,1H3. The first-order valence-corrected chi connectivity index (χ1v) is 7.16. The lowest BCUT2D eigenvalue weighted by atomic mass is 9.95. The summed E-state index contributed by atoms with van der Waals surface area (Å²) in [5.41, 5.74) is 3.60. The second-order valence-electron chi connectivity index (χ2n) is 5.00. The van der Waals surface area contributed by atoms with Crippen LogP contribution in [-0.4, -0.2) is 0 Å². The van der Waals surface area contributed by atoms with E-state index in [0.29, 0.717) is 0 Å². The lowest BCUT2D eigenvalue weighted by Gasteiger charge is -2.10. The number of benzene rings is 2. The van der Waals surface area contributed by atoms with Gasteiger partial charge in [0.15, 0.2) is 5.75 Å². The molecule has 19 heavy (non-hydrogen) atoms. The zero-order valence-corrected chi connectivity index (χ0v) is 11.6. The molecular formula is C18H21O. The van der Waals surface area contributed by atoms with Crippen molar-refractivity contribution in [2.75, 3.05) is 0 Å². The molecule has 0 aliphatic rings. The van der Waals surface area contributed by atoms with Crippen LogP contribution in [0, 0.1) is 0 Å². The highest BCUT2D eigenvalue weighted by Crippen LogP contribution is 2.28. The van der Waals surface area contributed by atoms with Crippen LogP contribution in [0.4, 0.5) is 0 Å². The molecule has 0 aliphatic carbocycles. The lowest BCUT2D eigenvalue weighted by molar-refractivity contribution is 0.354. The van der Waals surface area contributed by atoms with Crippen LogP contribution in [0.5, 0.6) is 5.75 Å². The van der Waals surface area contributed by atoms with Gasteiger partial charge in [-0.05, 0) is 41.7 Å². The molecule has 0 amide bonds. The second kappa shape index (κ2) is 6.98. The summed E-state index contributed by atoms with van der Waals surface area (Å²) in [6, 6.07) is 15.7. The maximum atomic E-state index is 11.6. The summed E-state index contributed by atoms with van der Waals surface area (Å²) in [7, 11) is 0. The minimum absolute atomic E-state index is 0.116. The van der Waals surface area contributed by atoms with Crippen LogP contribution in [0.15, 0.2) is 48.5 Å². The van der Waals surface area contributed by atoms with Gasteiger partial charge in [-0.1, -0.05) is 62.6 Å². The monoisotopic (exact) mass is 253 g/mol. The maximum Gasteiger partial charge on any atom is 0.178 e. The normalized spacial score (nSPS) is 10.6. The summed E-state index contributed by atoms with van der Waals surface area (Å²) in [6.45, 7) is 2.22. The molecule has 0 atom stereocenters. The van der Waals surface area contributed by atoms with Gasteiger partial charge in [-0.15, -0.1) is 0 Å². The van der Waals surface area contributed by atoms with Gasteiger partial charge in [0.05, 0.1) is 0 Å². The summed E-state index contributed by atoms with van der Waals surface area (Å²) in [6.07, 6.45) is 5.93. The molecule has 1 radical (unpaired) electrons. The summed E-state index contributed by atoms with van der Waals surface area (Å²) >= 11 is 0. The number of rotatable bonds is 6. The highest BCUT2D eigenvalue weighted by molar-refractivity contribution is 5.68. The van der Waals surface area contributed by atoms with Crippen LogP contribution in [0.2, 0.25) is 0 Å². The number of hydrogen-bond donors (Lipinski definition) is 0. The molecule has 2 rings (SSSR count). The third-order valence-electron chi connectivity index (χ3n) is 3.46. The molecular weight excluding hydrogens is 232 g/mol. The van der Waals surface area contributed by atoms with E-state index in [1.54, 1.807) is 12.1 Å². The third-order valence-corrected chi connectivity index (χ3v) is 3.46.